The van der Waals surface area contributed by atoms with Gasteiger partial charge in [-0.25, -0.2) is 4.39 Å². The molecule has 1 unspecified atom stereocenters. The van der Waals surface area contributed by atoms with Gasteiger partial charge in [0, 0.05) is 32.4 Å². The van der Waals surface area contributed by atoms with Crippen LogP contribution in [0.25, 0.3) is 0 Å². The molecule has 1 saturated heterocycles. The van der Waals surface area contributed by atoms with Gasteiger partial charge in [0.05, 0.1) is 6.04 Å². The van der Waals surface area contributed by atoms with Gasteiger partial charge < -0.3 is 15.5 Å². The second-order valence-corrected chi connectivity index (χ2v) is 7.03. The number of anilines is 1. The fourth-order valence-electron chi connectivity index (χ4n) is 3.47. The molecule has 0 amide bonds. The number of hydrogen-bond acceptors (Lipinski definition) is 2. The molecule has 1 atom stereocenters. The van der Waals surface area contributed by atoms with E-state index in [1.54, 1.807) is 19.2 Å². The first kappa shape index (κ1) is 22.5. The molecule has 2 aromatic carbocycles. The smallest absolute Gasteiger partial charge is 0.191 e. The van der Waals surface area contributed by atoms with Crippen molar-refractivity contribution >= 4 is 35.6 Å². The maximum atomic E-state index is 13.3. The Kier molecular flexibility index (Phi) is 9.02. The Balaban J connectivity index is 0.00000280. The van der Waals surface area contributed by atoms with Gasteiger partial charge in [0.15, 0.2) is 5.96 Å². The molecule has 1 heterocycles. The molecular formula is C22H30FIN4. The zero-order valence-electron chi connectivity index (χ0n) is 16.6. The number of halogens is 2. The third-order valence-corrected chi connectivity index (χ3v) is 5.01. The van der Waals surface area contributed by atoms with Crippen molar-refractivity contribution in [3.05, 3.63) is 65.5 Å². The molecule has 152 valence electrons. The highest BCUT2D eigenvalue weighted by molar-refractivity contribution is 14.0. The second kappa shape index (κ2) is 11.2. The van der Waals surface area contributed by atoms with Gasteiger partial charge in [-0.15, -0.1) is 24.0 Å². The molecule has 1 aliphatic rings. The Morgan fingerprint density at radius 2 is 1.89 bits per heavy atom. The molecule has 2 N–H and O–H groups in total. The van der Waals surface area contributed by atoms with E-state index in [-0.39, 0.29) is 35.8 Å². The van der Waals surface area contributed by atoms with Crippen LogP contribution < -0.4 is 15.5 Å². The first-order chi connectivity index (χ1) is 13.2. The van der Waals surface area contributed by atoms with Crippen LogP contribution in [0.3, 0.4) is 0 Å². The Morgan fingerprint density at radius 1 is 1.14 bits per heavy atom. The Morgan fingerprint density at radius 3 is 2.61 bits per heavy atom. The predicted molar refractivity (Wildman–Crippen MR) is 126 cm³/mol. The van der Waals surface area contributed by atoms with Crippen molar-refractivity contribution in [1.29, 1.82) is 0 Å². The van der Waals surface area contributed by atoms with Crippen molar-refractivity contribution in [1.82, 2.24) is 10.6 Å². The van der Waals surface area contributed by atoms with Gasteiger partial charge in [-0.3, -0.25) is 4.99 Å². The Bertz CT molecular complexity index is 775. The molecule has 6 heteroatoms. The average molecular weight is 496 g/mol. The molecule has 2 aromatic rings. The molecule has 3 rings (SSSR count). The van der Waals surface area contributed by atoms with Gasteiger partial charge in [-0.05, 0) is 61.6 Å². The summed E-state index contributed by atoms with van der Waals surface area (Å²) in [6.07, 6.45) is 3.30. The number of hydrogen-bond donors (Lipinski definition) is 2. The number of rotatable bonds is 6. The quantitative estimate of drug-likeness (QED) is 0.351. The normalized spacial score (nSPS) is 15.1. The van der Waals surface area contributed by atoms with Crippen LogP contribution in [-0.2, 0) is 6.42 Å². The number of nitrogens with one attached hydrogen (secondary N) is 2. The molecule has 1 fully saturated rings. The summed E-state index contributed by atoms with van der Waals surface area (Å²) >= 11 is 0. The van der Waals surface area contributed by atoms with E-state index in [9.17, 15) is 4.39 Å². The van der Waals surface area contributed by atoms with Crippen molar-refractivity contribution in [2.24, 2.45) is 4.99 Å². The van der Waals surface area contributed by atoms with Crippen LogP contribution in [0.4, 0.5) is 10.1 Å². The summed E-state index contributed by atoms with van der Waals surface area (Å²) in [6.45, 7) is 5.13. The summed E-state index contributed by atoms with van der Waals surface area (Å²) in [5.74, 6) is 0.562. The molecule has 4 nitrogen and oxygen atoms in total. The zero-order valence-corrected chi connectivity index (χ0v) is 18.9. The lowest BCUT2D eigenvalue weighted by Gasteiger charge is -2.22. The Hall–Kier alpha value is -1.83. The molecule has 0 saturated carbocycles. The number of benzene rings is 2. The summed E-state index contributed by atoms with van der Waals surface area (Å²) in [6, 6.07) is 15.6. The SMILES string of the molecule is CN=C(NCCc1cccc(F)c1)NC(C)c1cccc(N2CCCC2)c1.I. The number of guanidine groups is 1. The van der Waals surface area contributed by atoms with Crippen LogP contribution in [0, 0.1) is 5.82 Å². The van der Waals surface area contributed by atoms with E-state index in [1.807, 2.05) is 6.07 Å². The van der Waals surface area contributed by atoms with E-state index < -0.39 is 0 Å². The van der Waals surface area contributed by atoms with Crippen LogP contribution in [0.15, 0.2) is 53.5 Å². The highest BCUT2D eigenvalue weighted by atomic mass is 127. The molecule has 0 radical (unpaired) electrons. The lowest BCUT2D eigenvalue weighted by Crippen LogP contribution is -2.39. The maximum Gasteiger partial charge on any atom is 0.191 e. The van der Waals surface area contributed by atoms with Crippen molar-refractivity contribution in [2.45, 2.75) is 32.2 Å². The minimum absolute atomic E-state index is 0. The summed E-state index contributed by atoms with van der Waals surface area (Å²) in [5, 5.41) is 6.76. The lowest BCUT2D eigenvalue weighted by molar-refractivity contribution is 0.624. The van der Waals surface area contributed by atoms with Gasteiger partial charge in [-0.2, -0.15) is 0 Å². The molecule has 1 aliphatic heterocycles. The van der Waals surface area contributed by atoms with E-state index in [4.69, 9.17) is 0 Å². The Labute approximate surface area is 184 Å². The van der Waals surface area contributed by atoms with Gasteiger partial charge in [0.25, 0.3) is 0 Å². The minimum Gasteiger partial charge on any atom is -0.372 e. The lowest BCUT2D eigenvalue weighted by atomic mass is 10.1. The topological polar surface area (TPSA) is 39.7 Å². The second-order valence-electron chi connectivity index (χ2n) is 7.03. The monoisotopic (exact) mass is 496 g/mol. The van der Waals surface area contributed by atoms with Gasteiger partial charge in [0.1, 0.15) is 5.82 Å². The molecule has 28 heavy (non-hydrogen) atoms. The highest BCUT2D eigenvalue weighted by Gasteiger charge is 2.14. The molecular weight excluding hydrogens is 466 g/mol. The molecule has 0 aliphatic carbocycles. The van der Waals surface area contributed by atoms with Gasteiger partial charge in [-0.1, -0.05) is 24.3 Å². The van der Waals surface area contributed by atoms with Crippen LogP contribution in [0.2, 0.25) is 0 Å². The summed E-state index contributed by atoms with van der Waals surface area (Å²) < 4.78 is 13.3. The fourth-order valence-corrected chi connectivity index (χ4v) is 3.47. The van der Waals surface area contributed by atoms with E-state index in [2.05, 4.69) is 51.7 Å². The van der Waals surface area contributed by atoms with Crippen LogP contribution in [0.5, 0.6) is 0 Å². The average Bonchev–Trinajstić information content (AvgIpc) is 3.22. The number of nitrogens with zero attached hydrogens (tertiary/aromatic N) is 2. The van der Waals surface area contributed by atoms with Crippen LogP contribution in [-0.4, -0.2) is 32.6 Å². The van der Waals surface area contributed by atoms with Crippen molar-refractivity contribution < 1.29 is 4.39 Å². The van der Waals surface area contributed by atoms with E-state index >= 15 is 0 Å². The van der Waals surface area contributed by atoms with E-state index in [0.717, 1.165) is 31.0 Å². The van der Waals surface area contributed by atoms with Gasteiger partial charge in [0.2, 0.25) is 0 Å². The van der Waals surface area contributed by atoms with E-state index in [0.29, 0.717) is 6.54 Å². The zero-order chi connectivity index (χ0) is 19.1. The van der Waals surface area contributed by atoms with Gasteiger partial charge >= 0.3 is 0 Å². The van der Waals surface area contributed by atoms with E-state index in [1.165, 1.54) is 30.2 Å². The minimum atomic E-state index is -0.193. The summed E-state index contributed by atoms with van der Waals surface area (Å²) in [7, 11) is 1.77. The molecule has 0 aromatic heterocycles. The maximum absolute atomic E-state index is 13.3. The third kappa shape index (κ3) is 6.36. The largest absolute Gasteiger partial charge is 0.372 e. The highest BCUT2D eigenvalue weighted by Crippen LogP contribution is 2.23. The summed E-state index contributed by atoms with van der Waals surface area (Å²) in [4.78, 5) is 6.76. The number of aliphatic imine (C=N–C) groups is 1. The first-order valence-corrected chi connectivity index (χ1v) is 9.72. The van der Waals surface area contributed by atoms with Crippen molar-refractivity contribution in [3.63, 3.8) is 0 Å². The standard InChI is InChI=1S/C22H29FN4.HI/c1-17(19-8-6-10-21(16-19)27-13-3-4-14-27)26-22(24-2)25-12-11-18-7-5-9-20(23)15-18;/h5-10,15-17H,3-4,11-14H2,1-2H3,(H2,24,25,26);1H. The van der Waals surface area contributed by atoms with Crippen molar-refractivity contribution in [3.8, 4) is 0 Å². The summed E-state index contributed by atoms with van der Waals surface area (Å²) in [5.41, 5.74) is 3.52. The predicted octanol–water partition coefficient (Wildman–Crippen LogP) is 4.51. The van der Waals surface area contributed by atoms with Crippen molar-refractivity contribution in [2.75, 3.05) is 31.6 Å². The van der Waals surface area contributed by atoms with Crippen LogP contribution in [0.1, 0.15) is 36.9 Å². The third-order valence-electron chi connectivity index (χ3n) is 5.01. The first-order valence-electron chi connectivity index (χ1n) is 9.72. The fraction of sp³-hybridized carbons (Fsp3) is 0.409. The van der Waals surface area contributed by atoms with Crippen LogP contribution >= 0.6 is 24.0 Å². The molecule has 0 spiro atoms. The molecule has 0 bridgehead atoms.